The van der Waals surface area contributed by atoms with Crippen LogP contribution in [0, 0.1) is 13.8 Å². The van der Waals surface area contributed by atoms with E-state index in [0.29, 0.717) is 0 Å². The molecule has 0 aliphatic rings. The SMILES string of the molecule is Cc1ccc([C@@H](NC(C)(C)C)[C@@H](NC(C)(C)C)c2ccc(C)cc2)cc1. The van der Waals surface area contributed by atoms with Crippen LogP contribution in [0.25, 0.3) is 0 Å². The lowest BCUT2D eigenvalue weighted by atomic mass is 9.88. The van der Waals surface area contributed by atoms with E-state index in [2.05, 4.69) is 115 Å². The van der Waals surface area contributed by atoms with Crippen molar-refractivity contribution in [2.45, 2.75) is 78.6 Å². The summed E-state index contributed by atoms with van der Waals surface area (Å²) in [4.78, 5) is 0. The van der Waals surface area contributed by atoms with Crippen molar-refractivity contribution < 1.29 is 0 Å². The van der Waals surface area contributed by atoms with Gasteiger partial charge in [0.15, 0.2) is 0 Å². The topological polar surface area (TPSA) is 24.1 Å². The molecular weight excluding hydrogens is 316 g/mol. The van der Waals surface area contributed by atoms with Gasteiger partial charge in [-0.15, -0.1) is 0 Å². The van der Waals surface area contributed by atoms with Gasteiger partial charge in [-0.1, -0.05) is 59.7 Å². The summed E-state index contributed by atoms with van der Waals surface area (Å²) in [5, 5.41) is 7.73. The van der Waals surface area contributed by atoms with Crippen molar-refractivity contribution >= 4 is 0 Å². The van der Waals surface area contributed by atoms with Crippen molar-refractivity contribution in [3.63, 3.8) is 0 Å². The molecule has 0 fully saturated rings. The van der Waals surface area contributed by atoms with Crippen LogP contribution in [0.15, 0.2) is 48.5 Å². The zero-order valence-corrected chi connectivity index (χ0v) is 17.8. The van der Waals surface area contributed by atoms with Crippen LogP contribution < -0.4 is 10.6 Å². The summed E-state index contributed by atoms with van der Waals surface area (Å²) in [6.45, 7) is 17.7. The molecule has 142 valence electrons. The Morgan fingerprint density at radius 1 is 0.538 bits per heavy atom. The van der Waals surface area contributed by atoms with Crippen molar-refractivity contribution in [3.05, 3.63) is 70.8 Å². The van der Waals surface area contributed by atoms with Crippen molar-refractivity contribution in [2.24, 2.45) is 0 Å². The third-order valence-electron chi connectivity index (χ3n) is 4.38. The first-order valence-electron chi connectivity index (χ1n) is 9.63. The fourth-order valence-corrected chi connectivity index (χ4v) is 3.20. The van der Waals surface area contributed by atoms with Gasteiger partial charge in [-0.25, -0.2) is 0 Å². The van der Waals surface area contributed by atoms with E-state index in [1.165, 1.54) is 22.3 Å². The fraction of sp³-hybridized carbons (Fsp3) is 0.500. The predicted octanol–water partition coefficient (Wildman–Crippen LogP) is 5.86. The molecule has 26 heavy (non-hydrogen) atoms. The number of hydrogen-bond acceptors (Lipinski definition) is 2. The zero-order chi connectivity index (χ0) is 19.5. The van der Waals surface area contributed by atoms with Gasteiger partial charge in [-0.2, -0.15) is 0 Å². The molecule has 2 heteroatoms. The van der Waals surface area contributed by atoms with Crippen molar-refractivity contribution in [3.8, 4) is 0 Å². The lowest BCUT2D eigenvalue weighted by Crippen LogP contribution is -2.48. The number of aryl methyl sites for hydroxylation is 2. The second-order valence-electron chi connectivity index (χ2n) is 9.57. The number of benzene rings is 2. The summed E-state index contributed by atoms with van der Waals surface area (Å²) < 4.78 is 0. The lowest BCUT2D eigenvalue weighted by Gasteiger charge is -2.39. The fourth-order valence-electron chi connectivity index (χ4n) is 3.20. The predicted molar refractivity (Wildman–Crippen MR) is 114 cm³/mol. The van der Waals surface area contributed by atoms with Gasteiger partial charge in [0.05, 0.1) is 12.1 Å². The molecule has 2 N–H and O–H groups in total. The first kappa shape index (κ1) is 20.7. The van der Waals surface area contributed by atoms with Crippen molar-refractivity contribution in [1.82, 2.24) is 10.6 Å². The van der Waals surface area contributed by atoms with Crippen LogP contribution in [0.5, 0.6) is 0 Å². The molecule has 0 heterocycles. The van der Waals surface area contributed by atoms with Crippen molar-refractivity contribution in [1.29, 1.82) is 0 Å². The molecular formula is C24H36N2. The molecule has 0 bridgehead atoms. The van der Waals surface area contributed by atoms with E-state index in [-0.39, 0.29) is 23.2 Å². The van der Waals surface area contributed by atoms with E-state index in [0.717, 1.165) is 0 Å². The Bertz CT molecular complexity index is 621. The van der Waals surface area contributed by atoms with Crippen molar-refractivity contribution in [2.75, 3.05) is 0 Å². The van der Waals surface area contributed by atoms with E-state index >= 15 is 0 Å². The first-order chi connectivity index (χ1) is 11.9. The summed E-state index contributed by atoms with van der Waals surface area (Å²) in [6.07, 6.45) is 0. The van der Waals surface area contributed by atoms with Gasteiger partial charge in [0.2, 0.25) is 0 Å². The minimum atomic E-state index is 0.0120. The summed E-state index contributed by atoms with van der Waals surface area (Å²) in [6, 6.07) is 18.2. The number of hydrogen-bond donors (Lipinski definition) is 2. The maximum atomic E-state index is 3.87. The normalized spacial score (nSPS) is 14.9. The summed E-state index contributed by atoms with van der Waals surface area (Å²) in [5.41, 5.74) is 5.23. The zero-order valence-electron chi connectivity index (χ0n) is 17.8. The number of rotatable bonds is 5. The quantitative estimate of drug-likeness (QED) is 0.704. The number of nitrogens with one attached hydrogen (secondary N) is 2. The minimum Gasteiger partial charge on any atom is -0.304 e. The Morgan fingerprint density at radius 2 is 0.808 bits per heavy atom. The molecule has 2 aromatic carbocycles. The van der Waals surface area contributed by atoms with Gasteiger partial charge < -0.3 is 10.6 Å². The highest BCUT2D eigenvalue weighted by Gasteiger charge is 2.30. The Labute approximate surface area is 160 Å². The van der Waals surface area contributed by atoms with Gasteiger partial charge >= 0.3 is 0 Å². The summed E-state index contributed by atoms with van der Waals surface area (Å²) >= 11 is 0. The molecule has 0 aliphatic carbocycles. The lowest BCUT2D eigenvalue weighted by molar-refractivity contribution is 0.259. The van der Waals surface area contributed by atoms with Crippen LogP contribution in [-0.4, -0.2) is 11.1 Å². The van der Waals surface area contributed by atoms with E-state index in [1.807, 2.05) is 0 Å². The maximum absolute atomic E-state index is 3.87. The second-order valence-corrected chi connectivity index (χ2v) is 9.57. The highest BCUT2D eigenvalue weighted by molar-refractivity contribution is 5.31. The Morgan fingerprint density at radius 3 is 1.04 bits per heavy atom. The highest BCUT2D eigenvalue weighted by Crippen LogP contribution is 2.33. The van der Waals surface area contributed by atoms with Crippen LogP contribution in [-0.2, 0) is 0 Å². The molecule has 2 aromatic rings. The van der Waals surface area contributed by atoms with Gasteiger partial charge in [0.1, 0.15) is 0 Å². The van der Waals surface area contributed by atoms with Crippen LogP contribution in [0.2, 0.25) is 0 Å². The van der Waals surface area contributed by atoms with Gasteiger partial charge in [-0.3, -0.25) is 0 Å². The molecule has 0 amide bonds. The average Bonchev–Trinajstić information content (AvgIpc) is 2.51. The molecule has 0 aliphatic heterocycles. The van der Waals surface area contributed by atoms with Crippen LogP contribution in [0.3, 0.4) is 0 Å². The average molecular weight is 353 g/mol. The largest absolute Gasteiger partial charge is 0.304 e. The smallest absolute Gasteiger partial charge is 0.0522 e. The molecule has 2 atom stereocenters. The van der Waals surface area contributed by atoms with Crippen LogP contribution >= 0.6 is 0 Å². The van der Waals surface area contributed by atoms with Crippen LogP contribution in [0.1, 0.15) is 75.9 Å². The molecule has 0 radical (unpaired) electrons. The molecule has 0 saturated heterocycles. The van der Waals surface area contributed by atoms with E-state index in [4.69, 9.17) is 0 Å². The van der Waals surface area contributed by atoms with Gasteiger partial charge in [-0.05, 0) is 66.5 Å². The monoisotopic (exact) mass is 352 g/mol. The van der Waals surface area contributed by atoms with E-state index in [9.17, 15) is 0 Å². The minimum absolute atomic E-state index is 0.0120. The van der Waals surface area contributed by atoms with Crippen LogP contribution in [0.4, 0.5) is 0 Å². The standard InChI is InChI=1S/C24H36N2/c1-17-9-13-19(14-10-17)21(25-23(3,4)5)22(26-24(6,7)8)20-15-11-18(2)12-16-20/h9-16,21-22,25-26H,1-8H3/t21-,22+. The third-order valence-corrected chi connectivity index (χ3v) is 4.38. The van der Waals surface area contributed by atoms with Gasteiger partial charge in [0, 0.05) is 11.1 Å². The molecule has 2 rings (SSSR count). The Hall–Kier alpha value is -1.64. The van der Waals surface area contributed by atoms with Gasteiger partial charge in [0.25, 0.3) is 0 Å². The Kier molecular flexibility index (Phi) is 6.31. The molecule has 2 nitrogen and oxygen atoms in total. The molecule has 0 spiro atoms. The molecule has 0 aromatic heterocycles. The molecule has 0 unspecified atom stereocenters. The highest BCUT2D eigenvalue weighted by atomic mass is 15.1. The summed E-state index contributed by atoms with van der Waals surface area (Å²) in [5.74, 6) is 0. The van der Waals surface area contributed by atoms with E-state index < -0.39 is 0 Å². The van der Waals surface area contributed by atoms with E-state index in [1.54, 1.807) is 0 Å². The Balaban J connectivity index is 2.51. The third kappa shape index (κ3) is 6.26. The summed E-state index contributed by atoms with van der Waals surface area (Å²) in [7, 11) is 0. The second kappa shape index (κ2) is 7.94. The molecule has 0 saturated carbocycles. The maximum Gasteiger partial charge on any atom is 0.0522 e. The first-order valence-corrected chi connectivity index (χ1v) is 9.63.